The van der Waals surface area contributed by atoms with Crippen LogP contribution in [0.15, 0.2) is 42.7 Å². The predicted molar refractivity (Wildman–Crippen MR) is 215 cm³/mol. The first-order valence-corrected chi connectivity index (χ1v) is 20.1. The van der Waals surface area contributed by atoms with Crippen molar-refractivity contribution >= 4 is 29.7 Å². The summed E-state index contributed by atoms with van der Waals surface area (Å²) in [6, 6.07) is 8.77. The molecule has 0 unspecified atom stereocenters. The molecule has 2 amide bonds. The zero-order chi connectivity index (χ0) is 40.5. The summed E-state index contributed by atoms with van der Waals surface area (Å²) >= 11 is 0. The van der Waals surface area contributed by atoms with E-state index in [9.17, 15) is 24.9 Å². The van der Waals surface area contributed by atoms with Gasteiger partial charge in [-0.2, -0.15) is 15.0 Å². The van der Waals surface area contributed by atoms with E-state index in [-0.39, 0.29) is 53.3 Å². The highest BCUT2D eigenvalue weighted by Gasteiger charge is 2.37. The van der Waals surface area contributed by atoms with Gasteiger partial charge in [-0.3, -0.25) is 14.5 Å². The molecule has 2 aromatic carbocycles. The SMILES string of the molecule is CC(C)c1cc(C(=O)N2Cc3ccc(CN4CCC(C(=O)N5CCN(c6nc(-c7cnc(N)nc7)nc(N7CCOCC7)n6)C[C@H]5CO)CC4)cc3C2)c(O)cc1O. The number of piperidine rings is 1. The van der Waals surface area contributed by atoms with Crippen molar-refractivity contribution in [1.82, 2.24) is 39.6 Å². The van der Waals surface area contributed by atoms with E-state index in [1.54, 1.807) is 23.4 Å². The number of piperazine rings is 1. The summed E-state index contributed by atoms with van der Waals surface area (Å²) in [4.78, 5) is 60.1. The van der Waals surface area contributed by atoms with Crippen molar-refractivity contribution in [2.75, 3.05) is 81.2 Å². The molecule has 5 N–H and O–H groups in total. The van der Waals surface area contributed by atoms with Crippen LogP contribution in [0.2, 0.25) is 0 Å². The van der Waals surface area contributed by atoms with Crippen LogP contribution in [0.5, 0.6) is 11.5 Å². The minimum atomic E-state index is -0.417. The third-order valence-corrected chi connectivity index (χ3v) is 11.7. The van der Waals surface area contributed by atoms with Crippen LogP contribution in [-0.4, -0.2) is 138 Å². The number of carbonyl (C=O) groups is 2. The van der Waals surface area contributed by atoms with Crippen molar-refractivity contribution in [2.24, 2.45) is 5.92 Å². The van der Waals surface area contributed by atoms with Crippen LogP contribution in [0.3, 0.4) is 0 Å². The number of phenolic OH excluding ortho intramolecular Hbond substituents is 2. The molecule has 58 heavy (non-hydrogen) atoms. The Hall–Kier alpha value is -5.65. The molecule has 0 spiro atoms. The molecule has 2 aromatic heterocycles. The molecule has 1 atom stereocenters. The first-order valence-electron chi connectivity index (χ1n) is 20.1. The summed E-state index contributed by atoms with van der Waals surface area (Å²) in [7, 11) is 0. The Bertz CT molecular complexity index is 2140. The van der Waals surface area contributed by atoms with E-state index in [1.165, 1.54) is 6.07 Å². The molecule has 6 heterocycles. The highest BCUT2D eigenvalue weighted by molar-refractivity contribution is 5.97. The van der Waals surface area contributed by atoms with Gasteiger partial charge in [-0.15, -0.1) is 0 Å². The highest BCUT2D eigenvalue weighted by atomic mass is 16.5. The Labute approximate surface area is 337 Å². The van der Waals surface area contributed by atoms with E-state index in [0.717, 1.165) is 49.2 Å². The third-order valence-electron chi connectivity index (χ3n) is 11.7. The zero-order valence-corrected chi connectivity index (χ0v) is 33.0. The number of aliphatic hydroxyl groups is 1. The summed E-state index contributed by atoms with van der Waals surface area (Å²) in [6.45, 7) is 10.6. The Balaban J connectivity index is 0.872. The number of hydrogen-bond acceptors (Lipinski definition) is 15. The number of carbonyl (C=O) groups excluding carboxylic acids is 2. The number of nitrogens with zero attached hydrogens (tertiary/aromatic N) is 10. The summed E-state index contributed by atoms with van der Waals surface area (Å²) in [5.74, 6) is 0.991. The lowest BCUT2D eigenvalue weighted by Crippen LogP contribution is -2.59. The van der Waals surface area contributed by atoms with Crippen molar-refractivity contribution in [3.63, 3.8) is 0 Å². The maximum absolute atomic E-state index is 14.0. The maximum Gasteiger partial charge on any atom is 0.258 e. The average Bonchev–Trinajstić information content (AvgIpc) is 3.67. The van der Waals surface area contributed by atoms with Crippen molar-refractivity contribution in [3.05, 3.63) is 70.5 Å². The summed E-state index contributed by atoms with van der Waals surface area (Å²) in [5.41, 5.74) is 10.5. The van der Waals surface area contributed by atoms with Gasteiger partial charge in [-0.1, -0.05) is 32.0 Å². The molecule has 17 heteroatoms. The first kappa shape index (κ1) is 39.2. The number of phenols is 2. The number of ether oxygens (including phenoxy) is 1. The van der Waals surface area contributed by atoms with Gasteiger partial charge in [-0.25, -0.2) is 9.97 Å². The number of morpholine rings is 1. The number of hydrogen-bond donors (Lipinski definition) is 4. The van der Waals surface area contributed by atoms with Crippen molar-refractivity contribution in [2.45, 2.75) is 58.3 Å². The molecular weight excluding hydrogens is 743 g/mol. The first-order chi connectivity index (χ1) is 28.0. The third kappa shape index (κ3) is 8.19. The molecule has 0 aliphatic carbocycles. The zero-order valence-electron chi connectivity index (χ0n) is 33.0. The molecule has 0 saturated carbocycles. The van der Waals surface area contributed by atoms with Crippen LogP contribution in [0, 0.1) is 5.92 Å². The second kappa shape index (κ2) is 16.7. The number of rotatable bonds is 9. The quantitative estimate of drug-likeness (QED) is 0.192. The van der Waals surface area contributed by atoms with Gasteiger partial charge in [0.05, 0.1) is 37.0 Å². The molecule has 3 fully saturated rings. The number of nitrogens with two attached hydrogens (primary N) is 1. The van der Waals surface area contributed by atoms with Gasteiger partial charge in [0, 0.05) is 76.7 Å². The molecule has 4 aromatic rings. The minimum Gasteiger partial charge on any atom is -0.508 e. The topological polar surface area (TPSA) is 211 Å². The average molecular weight is 794 g/mol. The highest BCUT2D eigenvalue weighted by Crippen LogP contribution is 2.35. The number of nitrogen functional groups attached to an aromatic ring is 1. The molecule has 8 rings (SSSR count). The van der Waals surface area contributed by atoms with Gasteiger partial charge in [0.25, 0.3) is 5.91 Å². The molecule has 4 aliphatic heterocycles. The van der Waals surface area contributed by atoms with Crippen LogP contribution >= 0.6 is 0 Å². The number of likely N-dealkylation sites (tertiary alicyclic amines) is 1. The Morgan fingerprint density at radius 1 is 0.862 bits per heavy atom. The van der Waals surface area contributed by atoms with Crippen molar-refractivity contribution in [3.8, 4) is 22.9 Å². The van der Waals surface area contributed by atoms with E-state index in [2.05, 4.69) is 38.0 Å². The number of fused-ring (bicyclic) bond motifs is 1. The molecule has 0 radical (unpaired) electrons. The fourth-order valence-corrected chi connectivity index (χ4v) is 8.38. The van der Waals surface area contributed by atoms with Crippen LogP contribution in [-0.2, 0) is 29.2 Å². The van der Waals surface area contributed by atoms with Gasteiger partial charge in [-0.05, 0) is 60.2 Å². The second-order valence-electron chi connectivity index (χ2n) is 15.9. The Morgan fingerprint density at radius 3 is 2.28 bits per heavy atom. The summed E-state index contributed by atoms with van der Waals surface area (Å²) < 4.78 is 5.54. The molecule has 0 bridgehead atoms. The Morgan fingerprint density at radius 2 is 1.57 bits per heavy atom. The number of amides is 2. The smallest absolute Gasteiger partial charge is 0.258 e. The lowest BCUT2D eigenvalue weighted by molar-refractivity contribution is -0.141. The standard InChI is InChI=1S/C41H51N11O6/c1-25(2)32-16-33(35(55)17-34(32)54)38(57)51-21-28-4-3-26(15-29(28)22-51)20-48-7-5-27(6-8-48)37(56)52-10-9-50(23-31(52)24-53)41-46-36(30-18-43-39(42)44-19-30)45-40(47-41)49-11-13-58-14-12-49/h3-4,15-19,25,27,31,53-55H,5-14,20-24H2,1-2H3,(H2,42,43,44)/t31-/m0/s1. The number of aromatic nitrogens is 5. The van der Waals surface area contributed by atoms with Gasteiger partial charge in [0.2, 0.25) is 23.8 Å². The van der Waals surface area contributed by atoms with Crippen molar-refractivity contribution < 1.29 is 29.6 Å². The van der Waals surface area contributed by atoms with Gasteiger partial charge >= 0.3 is 0 Å². The normalized spacial score (nSPS) is 19.2. The fraction of sp³-hybridized carbons (Fsp3) is 0.488. The Kier molecular flexibility index (Phi) is 11.3. The second-order valence-corrected chi connectivity index (χ2v) is 15.9. The largest absolute Gasteiger partial charge is 0.508 e. The van der Waals surface area contributed by atoms with Crippen LogP contribution < -0.4 is 15.5 Å². The van der Waals surface area contributed by atoms with Gasteiger partial charge in [0.15, 0.2) is 5.82 Å². The predicted octanol–water partition coefficient (Wildman–Crippen LogP) is 2.36. The monoisotopic (exact) mass is 793 g/mol. The number of aromatic hydroxyl groups is 2. The molecule has 3 saturated heterocycles. The van der Waals surface area contributed by atoms with E-state index >= 15 is 0 Å². The minimum absolute atomic E-state index is 0.00110. The van der Waals surface area contributed by atoms with E-state index < -0.39 is 6.04 Å². The lowest BCUT2D eigenvalue weighted by Gasteiger charge is -2.43. The summed E-state index contributed by atoms with van der Waals surface area (Å²) in [5, 5.41) is 31.3. The van der Waals surface area contributed by atoms with Crippen LogP contribution in [0.25, 0.3) is 11.4 Å². The van der Waals surface area contributed by atoms with Crippen LogP contribution in [0.4, 0.5) is 17.8 Å². The van der Waals surface area contributed by atoms with Gasteiger partial charge < -0.3 is 45.4 Å². The maximum atomic E-state index is 14.0. The molecule has 306 valence electrons. The van der Waals surface area contributed by atoms with E-state index in [0.29, 0.717) is 87.9 Å². The van der Waals surface area contributed by atoms with E-state index in [1.807, 2.05) is 23.6 Å². The molecular formula is C41H51N11O6. The number of anilines is 3. The van der Waals surface area contributed by atoms with Crippen LogP contribution in [0.1, 0.15) is 65.2 Å². The lowest BCUT2D eigenvalue weighted by atomic mass is 9.93. The molecule has 17 nitrogen and oxygen atoms in total. The van der Waals surface area contributed by atoms with E-state index in [4.69, 9.17) is 25.4 Å². The molecule has 4 aliphatic rings. The van der Waals surface area contributed by atoms with Gasteiger partial charge in [0.1, 0.15) is 11.5 Å². The van der Waals surface area contributed by atoms with Crippen molar-refractivity contribution in [1.29, 1.82) is 0 Å². The summed E-state index contributed by atoms with van der Waals surface area (Å²) in [6.07, 6.45) is 4.62. The number of benzene rings is 2. The number of aliphatic hydroxyl groups excluding tert-OH is 1. The fourth-order valence-electron chi connectivity index (χ4n) is 8.38.